The smallest absolute Gasteiger partial charge is 0.135 e. The molecule has 1 aromatic heterocycles. The van der Waals surface area contributed by atoms with Gasteiger partial charge < -0.3 is 10.2 Å². The van der Waals surface area contributed by atoms with Crippen LogP contribution in [0.4, 0.5) is 0 Å². The number of hydrogen-bond acceptors (Lipinski definition) is 2. The van der Waals surface area contributed by atoms with Gasteiger partial charge in [-0.15, -0.1) is 0 Å². The van der Waals surface area contributed by atoms with E-state index < -0.39 is 0 Å². The molecule has 13 heavy (non-hydrogen) atoms. The topological polar surface area (TPSA) is 39.2 Å². The van der Waals surface area contributed by atoms with E-state index in [1.807, 2.05) is 12.1 Å². The third-order valence-corrected chi connectivity index (χ3v) is 2.64. The highest BCUT2D eigenvalue weighted by molar-refractivity contribution is 9.10. The first kappa shape index (κ1) is 8.78. The van der Waals surface area contributed by atoms with Crippen LogP contribution in [0.15, 0.2) is 33.4 Å². The van der Waals surface area contributed by atoms with Crippen molar-refractivity contribution in [2.24, 2.45) is 5.73 Å². The van der Waals surface area contributed by atoms with Gasteiger partial charge in [-0.05, 0) is 40.5 Å². The highest BCUT2D eigenvalue weighted by atomic mass is 79.9. The van der Waals surface area contributed by atoms with Gasteiger partial charge in [0.2, 0.25) is 0 Å². The number of hydrogen-bond donors (Lipinski definition) is 1. The van der Waals surface area contributed by atoms with Crippen LogP contribution in [-0.4, -0.2) is 6.54 Å². The Balaban J connectivity index is 2.65. The minimum absolute atomic E-state index is 0.663. The van der Waals surface area contributed by atoms with Gasteiger partial charge in [0.15, 0.2) is 0 Å². The first-order valence-electron chi connectivity index (χ1n) is 4.17. The Kier molecular flexibility index (Phi) is 2.38. The summed E-state index contributed by atoms with van der Waals surface area (Å²) in [5.41, 5.74) is 7.68. The average molecular weight is 240 g/mol. The summed E-state index contributed by atoms with van der Waals surface area (Å²) in [6, 6.07) is 6.03. The van der Waals surface area contributed by atoms with Crippen molar-refractivity contribution in [3.63, 3.8) is 0 Å². The van der Waals surface area contributed by atoms with E-state index >= 15 is 0 Å². The predicted molar refractivity (Wildman–Crippen MR) is 56.7 cm³/mol. The normalized spacial score (nSPS) is 10.9. The zero-order valence-corrected chi connectivity index (χ0v) is 8.67. The first-order chi connectivity index (χ1) is 6.33. The molecule has 2 rings (SSSR count). The molecule has 0 atom stereocenters. The standard InChI is InChI=1S/C10H10BrNO/c11-8-6-13-9-3-1-2-7(4-5-12)10(8)9/h1-3,6H,4-5,12H2. The molecule has 0 saturated carbocycles. The molecule has 0 aliphatic rings. The number of halogens is 1. The van der Waals surface area contributed by atoms with Crippen LogP contribution in [-0.2, 0) is 6.42 Å². The quantitative estimate of drug-likeness (QED) is 0.876. The lowest BCUT2D eigenvalue weighted by Gasteiger charge is -1.99. The van der Waals surface area contributed by atoms with Crippen molar-refractivity contribution in [1.29, 1.82) is 0 Å². The number of furan rings is 1. The molecule has 0 unspecified atom stereocenters. The molecule has 2 aromatic rings. The van der Waals surface area contributed by atoms with Gasteiger partial charge in [0, 0.05) is 5.39 Å². The van der Waals surface area contributed by atoms with Gasteiger partial charge in [-0.2, -0.15) is 0 Å². The Bertz CT molecular complexity index is 422. The van der Waals surface area contributed by atoms with E-state index in [0.29, 0.717) is 6.54 Å². The molecule has 68 valence electrons. The molecule has 0 amide bonds. The summed E-state index contributed by atoms with van der Waals surface area (Å²) in [6.07, 6.45) is 2.60. The van der Waals surface area contributed by atoms with Crippen LogP contribution in [0.5, 0.6) is 0 Å². The Hall–Kier alpha value is -0.800. The molecule has 0 aliphatic carbocycles. The fourth-order valence-electron chi connectivity index (χ4n) is 1.48. The van der Waals surface area contributed by atoms with E-state index in [9.17, 15) is 0 Å². The Morgan fingerprint density at radius 2 is 2.23 bits per heavy atom. The minimum atomic E-state index is 0.663. The fraction of sp³-hybridized carbons (Fsp3) is 0.200. The average Bonchev–Trinajstić information content (AvgIpc) is 2.50. The second-order valence-corrected chi connectivity index (χ2v) is 3.77. The summed E-state index contributed by atoms with van der Waals surface area (Å²) in [5, 5.41) is 1.15. The monoisotopic (exact) mass is 239 g/mol. The largest absolute Gasteiger partial charge is 0.463 e. The van der Waals surface area contributed by atoms with Crippen molar-refractivity contribution in [2.45, 2.75) is 6.42 Å². The SMILES string of the molecule is NCCc1cccc2occ(Br)c12. The summed E-state index contributed by atoms with van der Waals surface area (Å²) >= 11 is 3.45. The zero-order chi connectivity index (χ0) is 9.26. The lowest BCUT2D eigenvalue weighted by Crippen LogP contribution is -2.02. The van der Waals surface area contributed by atoms with Crippen LogP contribution >= 0.6 is 15.9 Å². The van der Waals surface area contributed by atoms with Crippen LogP contribution in [0, 0.1) is 0 Å². The highest BCUT2D eigenvalue weighted by Crippen LogP contribution is 2.29. The molecule has 0 radical (unpaired) electrons. The fourth-order valence-corrected chi connectivity index (χ4v) is 2.03. The van der Waals surface area contributed by atoms with E-state index in [4.69, 9.17) is 10.2 Å². The van der Waals surface area contributed by atoms with Crippen molar-refractivity contribution in [3.05, 3.63) is 34.5 Å². The molecule has 0 fully saturated rings. The van der Waals surface area contributed by atoms with Crippen molar-refractivity contribution < 1.29 is 4.42 Å². The summed E-state index contributed by atoms with van der Waals surface area (Å²) in [4.78, 5) is 0. The molecular formula is C10H10BrNO. The van der Waals surface area contributed by atoms with Crippen LogP contribution < -0.4 is 5.73 Å². The van der Waals surface area contributed by atoms with E-state index in [0.717, 1.165) is 21.9 Å². The second-order valence-electron chi connectivity index (χ2n) is 2.91. The maximum atomic E-state index is 5.52. The van der Waals surface area contributed by atoms with Gasteiger partial charge >= 0.3 is 0 Å². The van der Waals surface area contributed by atoms with E-state index in [-0.39, 0.29) is 0 Å². The Morgan fingerprint density at radius 3 is 3.00 bits per heavy atom. The number of benzene rings is 1. The van der Waals surface area contributed by atoms with Gasteiger partial charge in [-0.25, -0.2) is 0 Å². The number of nitrogens with two attached hydrogens (primary N) is 1. The molecule has 1 aromatic carbocycles. The van der Waals surface area contributed by atoms with Crippen molar-refractivity contribution in [2.75, 3.05) is 6.54 Å². The molecule has 3 heteroatoms. The molecule has 0 saturated heterocycles. The Labute approximate surface area is 84.8 Å². The number of fused-ring (bicyclic) bond motifs is 1. The first-order valence-corrected chi connectivity index (χ1v) is 4.97. The van der Waals surface area contributed by atoms with Crippen molar-refractivity contribution in [1.82, 2.24) is 0 Å². The molecule has 0 bridgehead atoms. The maximum Gasteiger partial charge on any atom is 0.135 e. The van der Waals surface area contributed by atoms with Crippen LogP contribution in [0.25, 0.3) is 11.0 Å². The van der Waals surface area contributed by atoms with E-state index in [2.05, 4.69) is 22.0 Å². The minimum Gasteiger partial charge on any atom is -0.463 e. The molecular weight excluding hydrogens is 230 g/mol. The van der Waals surface area contributed by atoms with Gasteiger partial charge in [0.1, 0.15) is 11.8 Å². The lowest BCUT2D eigenvalue weighted by molar-refractivity contribution is 0.613. The molecule has 0 spiro atoms. The van der Waals surface area contributed by atoms with Crippen LogP contribution in [0.3, 0.4) is 0 Å². The van der Waals surface area contributed by atoms with Gasteiger partial charge in [-0.1, -0.05) is 12.1 Å². The van der Waals surface area contributed by atoms with E-state index in [1.54, 1.807) is 6.26 Å². The summed E-state index contributed by atoms with van der Waals surface area (Å²) in [5.74, 6) is 0. The van der Waals surface area contributed by atoms with Gasteiger partial charge in [-0.3, -0.25) is 0 Å². The summed E-state index contributed by atoms with van der Waals surface area (Å²) in [6.45, 7) is 0.663. The predicted octanol–water partition coefficient (Wildman–Crippen LogP) is 2.70. The maximum absolute atomic E-state index is 5.52. The third kappa shape index (κ3) is 1.49. The van der Waals surface area contributed by atoms with Crippen molar-refractivity contribution in [3.8, 4) is 0 Å². The molecule has 0 aliphatic heterocycles. The number of rotatable bonds is 2. The van der Waals surface area contributed by atoms with Crippen LogP contribution in [0.2, 0.25) is 0 Å². The lowest BCUT2D eigenvalue weighted by atomic mass is 10.1. The zero-order valence-electron chi connectivity index (χ0n) is 7.09. The molecule has 2 N–H and O–H groups in total. The van der Waals surface area contributed by atoms with E-state index in [1.165, 1.54) is 5.56 Å². The Morgan fingerprint density at radius 1 is 1.38 bits per heavy atom. The third-order valence-electron chi connectivity index (χ3n) is 2.05. The van der Waals surface area contributed by atoms with Crippen molar-refractivity contribution >= 4 is 26.9 Å². The molecule has 2 nitrogen and oxygen atoms in total. The summed E-state index contributed by atoms with van der Waals surface area (Å²) < 4.78 is 6.35. The molecule has 1 heterocycles. The summed E-state index contributed by atoms with van der Waals surface area (Å²) in [7, 11) is 0. The van der Waals surface area contributed by atoms with Gasteiger partial charge in [0.25, 0.3) is 0 Å². The second kappa shape index (κ2) is 3.52. The highest BCUT2D eigenvalue weighted by Gasteiger charge is 2.06. The van der Waals surface area contributed by atoms with Crippen LogP contribution in [0.1, 0.15) is 5.56 Å². The van der Waals surface area contributed by atoms with Gasteiger partial charge in [0.05, 0.1) is 4.47 Å².